The molecule has 0 spiro atoms. The zero-order chi connectivity index (χ0) is 9.07. The van der Waals surface area contributed by atoms with Gasteiger partial charge in [-0.05, 0) is 6.42 Å². The van der Waals surface area contributed by atoms with Crippen LogP contribution in [0.4, 0.5) is 0 Å². The minimum atomic E-state index is 0.796. The molecule has 0 heterocycles. The maximum atomic E-state index is 4.87. The first-order valence-corrected chi connectivity index (χ1v) is 4.98. The quantitative estimate of drug-likeness (QED) is 0.259. The van der Waals surface area contributed by atoms with E-state index in [0.717, 1.165) is 13.0 Å². The molecule has 0 bridgehead atoms. The van der Waals surface area contributed by atoms with Gasteiger partial charge in [0.2, 0.25) is 0 Å². The fourth-order valence-corrected chi connectivity index (χ4v) is 1.20. The molecule has 0 atom stereocenters. The Hall–Kier alpha value is -0.600. The first-order chi connectivity index (χ1) is 5.91. The summed E-state index contributed by atoms with van der Waals surface area (Å²) >= 11 is 0. The van der Waals surface area contributed by atoms with Gasteiger partial charge in [-0.2, -0.15) is 5.11 Å². The lowest BCUT2D eigenvalue weighted by Gasteiger charge is -1.97. The van der Waals surface area contributed by atoms with E-state index in [4.69, 9.17) is 5.84 Å². The van der Waals surface area contributed by atoms with Crippen molar-refractivity contribution in [2.24, 2.45) is 16.2 Å². The third-order valence-electron chi connectivity index (χ3n) is 1.94. The Morgan fingerprint density at radius 1 is 0.917 bits per heavy atom. The predicted molar refractivity (Wildman–Crippen MR) is 51.9 cm³/mol. The topological polar surface area (TPSA) is 50.7 Å². The number of hydrogen-bond donors (Lipinski definition) is 1. The van der Waals surface area contributed by atoms with Crippen LogP contribution in [-0.4, -0.2) is 6.54 Å². The lowest BCUT2D eigenvalue weighted by molar-refractivity contribution is 0.589. The zero-order valence-corrected chi connectivity index (χ0v) is 8.13. The Morgan fingerprint density at radius 2 is 1.50 bits per heavy atom. The standard InChI is InChI=1S/C9H21N3/c1-2-3-4-5-6-7-8-9-11-12-10/h2-9H2,1H3,(H2,10,11). The monoisotopic (exact) mass is 171 g/mol. The number of rotatable bonds is 8. The first kappa shape index (κ1) is 11.4. The number of hydrogen-bond acceptors (Lipinski definition) is 2. The van der Waals surface area contributed by atoms with Crippen molar-refractivity contribution in [3.63, 3.8) is 0 Å². The van der Waals surface area contributed by atoms with Gasteiger partial charge in [0.15, 0.2) is 0 Å². The third kappa shape index (κ3) is 9.40. The Balaban J connectivity index is 2.81. The van der Waals surface area contributed by atoms with Crippen LogP contribution in [0.2, 0.25) is 0 Å². The fraction of sp³-hybridized carbons (Fsp3) is 1.00. The number of nitrogens with two attached hydrogens (primary N) is 1. The molecule has 72 valence electrons. The smallest absolute Gasteiger partial charge is 0.0620 e. The highest BCUT2D eigenvalue weighted by atomic mass is 15.3. The fourth-order valence-electron chi connectivity index (χ4n) is 1.20. The van der Waals surface area contributed by atoms with Crippen molar-refractivity contribution < 1.29 is 0 Å². The maximum absolute atomic E-state index is 4.87. The van der Waals surface area contributed by atoms with Crippen molar-refractivity contribution >= 4 is 0 Å². The summed E-state index contributed by atoms with van der Waals surface area (Å²) in [6.07, 6.45) is 9.18. The molecule has 0 saturated carbocycles. The van der Waals surface area contributed by atoms with Gasteiger partial charge < -0.3 is 5.84 Å². The van der Waals surface area contributed by atoms with E-state index in [1.807, 2.05) is 0 Å². The molecule has 0 amide bonds. The molecule has 0 saturated heterocycles. The molecule has 0 fully saturated rings. The van der Waals surface area contributed by atoms with Crippen LogP contribution in [0.25, 0.3) is 0 Å². The zero-order valence-electron chi connectivity index (χ0n) is 8.13. The van der Waals surface area contributed by atoms with Crippen molar-refractivity contribution in [2.45, 2.75) is 51.9 Å². The molecular formula is C9H21N3. The molecular weight excluding hydrogens is 150 g/mol. The molecule has 0 radical (unpaired) electrons. The van der Waals surface area contributed by atoms with Crippen LogP contribution < -0.4 is 5.84 Å². The minimum absolute atomic E-state index is 0.796. The summed E-state index contributed by atoms with van der Waals surface area (Å²) in [6, 6.07) is 0. The van der Waals surface area contributed by atoms with Crippen molar-refractivity contribution in [2.75, 3.05) is 6.54 Å². The molecule has 0 aliphatic carbocycles. The second kappa shape index (κ2) is 10.4. The highest BCUT2D eigenvalue weighted by Crippen LogP contribution is 2.06. The average molecular weight is 171 g/mol. The molecule has 0 aliphatic rings. The van der Waals surface area contributed by atoms with Gasteiger partial charge in [-0.3, -0.25) is 0 Å². The van der Waals surface area contributed by atoms with E-state index >= 15 is 0 Å². The summed E-state index contributed by atoms with van der Waals surface area (Å²) in [5, 5.41) is 6.92. The Labute approximate surface area is 75.4 Å². The summed E-state index contributed by atoms with van der Waals surface area (Å²) in [7, 11) is 0. The van der Waals surface area contributed by atoms with Gasteiger partial charge in [0, 0.05) is 0 Å². The van der Waals surface area contributed by atoms with E-state index < -0.39 is 0 Å². The van der Waals surface area contributed by atoms with Gasteiger partial charge in [-0.15, -0.1) is 0 Å². The Kier molecular flexibility index (Phi) is 9.88. The van der Waals surface area contributed by atoms with Gasteiger partial charge in [-0.1, -0.05) is 50.7 Å². The second-order valence-electron chi connectivity index (χ2n) is 3.10. The van der Waals surface area contributed by atoms with E-state index in [2.05, 4.69) is 17.3 Å². The predicted octanol–water partition coefficient (Wildman–Crippen LogP) is 3.06. The average Bonchev–Trinajstić information content (AvgIpc) is 2.10. The van der Waals surface area contributed by atoms with Crippen LogP contribution in [0.1, 0.15) is 51.9 Å². The molecule has 0 rings (SSSR count). The molecule has 0 aromatic rings. The molecule has 3 heteroatoms. The molecule has 2 N–H and O–H groups in total. The molecule has 12 heavy (non-hydrogen) atoms. The SMILES string of the molecule is CCCCCCCCCN=NN. The maximum Gasteiger partial charge on any atom is 0.0620 e. The lowest BCUT2D eigenvalue weighted by Crippen LogP contribution is -1.84. The molecule has 0 aliphatic heterocycles. The van der Waals surface area contributed by atoms with Crippen molar-refractivity contribution in [3.05, 3.63) is 0 Å². The van der Waals surface area contributed by atoms with Crippen LogP contribution in [0.15, 0.2) is 10.3 Å². The molecule has 0 unspecified atom stereocenters. The van der Waals surface area contributed by atoms with Crippen LogP contribution in [0, 0.1) is 0 Å². The first-order valence-electron chi connectivity index (χ1n) is 4.98. The van der Waals surface area contributed by atoms with E-state index in [9.17, 15) is 0 Å². The summed E-state index contributed by atoms with van der Waals surface area (Å²) in [5.74, 6) is 4.87. The molecule has 0 aromatic heterocycles. The minimum Gasteiger partial charge on any atom is -0.305 e. The summed E-state index contributed by atoms with van der Waals surface area (Å²) < 4.78 is 0. The lowest BCUT2D eigenvalue weighted by atomic mass is 10.1. The van der Waals surface area contributed by atoms with Crippen LogP contribution in [0.3, 0.4) is 0 Å². The molecule has 0 aromatic carbocycles. The number of nitrogens with zero attached hydrogens (tertiary/aromatic N) is 2. The Bertz CT molecular complexity index is 102. The van der Waals surface area contributed by atoms with Gasteiger partial charge in [0.25, 0.3) is 0 Å². The van der Waals surface area contributed by atoms with E-state index in [1.54, 1.807) is 0 Å². The van der Waals surface area contributed by atoms with Gasteiger partial charge in [0.1, 0.15) is 0 Å². The van der Waals surface area contributed by atoms with Crippen LogP contribution in [0.5, 0.6) is 0 Å². The highest BCUT2D eigenvalue weighted by Gasteiger charge is 1.89. The van der Waals surface area contributed by atoms with Crippen LogP contribution in [-0.2, 0) is 0 Å². The second-order valence-corrected chi connectivity index (χ2v) is 3.10. The van der Waals surface area contributed by atoms with Crippen LogP contribution >= 0.6 is 0 Å². The van der Waals surface area contributed by atoms with Gasteiger partial charge in [0.05, 0.1) is 6.54 Å². The largest absolute Gasteiger partial charge is 0.305 e. The van der Waals surface area contributed by atoms with E-state index in [1.165, 1.54) is 38.5 Å². The van der Waals surface area contributed by atoms with Crippen molar-refractivity contribution in [1.82, 2.24) is 0 Å². The summed E-state index contributed by atoms with van der Waals surface area (Å²) in [5.41, 5.74) is 0. The van der Waals surface area contributed by atoms with Crippen molar-refractivity contribution in [1.29, 1.82) is 0 Å². The van der Waals surface area contributed by atoms with Crippen molar-refractivity contribution in [3.8, 4) is 0 Å². The number of unbranched alkanes of at least 4 members (excludes halogenated alkanes) is 6. The molecule has 3 nitrogen and oxygen atoms in total. The van der Waals surface area contributed by atoms with E-state index in [0.29, 0.717) is 0 Å². The summed E-state index contributed by atoms with van der Waals surface area (Å²) in [6.45, 7) is 3.03. The normalized spacial score (nSPS) is 11.1. The van der Waals surface area contributed by atoms with E-state index in [-0.39, 0.29) is 0 Å². The van der Waals surface area contributed by atoms with Gasteiger partial charge >= 0.3 is 0 Å². The Morgan fingerprint density at radius 3 is 2.08 bits per heavy atom. The highest BCUT2D eigenvalue weighted by molar-refractivity contribution is 4.46. The van der Waals surface area contributed by atoms with Gasteiger partial charge in [-0.25, -0.2) is 0 Å². The third-order valence-corrected chi connectivity index (χ3v) is 1.94. The summed E-state index contributed by atoms with van der Waals surface area (Å²) in [4.78, 5) is 0.